The Morgan fingerprint density at radius 2 is 1.85 bits per heavy atom. The number of hydrogen-bond acceptors (Lipinski definition) is 4. The number of para-hydroxylation sites is 1. The van der Waals surface area contributed by atoms with Gasteiger partial charge in [0.05, 0.1) is 0 Å². The molecular weight excluding hydrogens is 379 g/mol. The number of carbonyl (C=O) groups is 2. The fraction of sp³-hybridized carbons (Fsp3) is 0.222. The summed E-state index contributed by atoms with van der Waals surface area (Å²) in [5, 5.41) is 0.654. The van der Waals surface area contributed by atoms with E-state index in [-0.39, 0.29) is 18.1 Å². The monoisotopic (exact) mass is 396 g/mol. The number of thioether (sulfide) groups is 1. The molecule has 1 atom stereocenters. The third-order valence-electron chi connectivity index (χ3n) is 3.25. The van der Waals surface area contributed by atoms with Gasteiger partial charge in [-0.15, -0.1) is 11.8 Å². The van der Waals surface area contributed by atoms with Crippen LogP contribution >= 0.6 is 23.4 Å². The van der Waals surface area contributed by atoms with Crippen LogP contribution in [0.4, 0.5) is 4.39 Å². The molecule has 2 rings (SSSR count). The second kappa shape index (κ2) is 10.0. The fourth-order valence-corrected chi connectivity index (χ4v) is 2.85. The highest BCUT2D eigenvalue weighted by atomic mass is 35.5. The zero-order valence-corrected chi connectivity index (χ0v) is 15.6. The minimum Gasteiger partial charge on any atom is -0.478 e. The average Bonchev–Trinajstić information content (AvgIpc) is 2.63. The van der Waals surface area contributed by atoms with E-state index in [1.165, 1.54) is 36.9 Å². The smallest absolute Gasteiger partial charge is 0.279 e. The molecule has 2 amide bonds. The molecule has 0 spiro atoms. The van der Waals surface area contributed by atoms with Crippen molar-refractivity contribution in [1.29, 1.82) is 0 Å². The maximum atomic E-state index is 13.5. The third-order valence-corrected chi connectivity index (χ3v) is 4.51. The molecular formula is C18H18ClFN2O3S. The van der Waals surface area contributed by atoms with Crippen molar-refractivity contribution < 1.29 is 18.7 Å². The molecule has 0 unspecified atom stereocenters. The summed E-state index contributed by atoms with van der Waals surface area (Å²) in [4.78, 5) is 24.7. The van der Waals surface area contributed by atoms with E-state index in [1.54, 1.807) is 18.2 Å². The number of hydrogen-bond donors (Lipinski definition) is 2. The van der Waals surface area contributed by atoms with Crippen LogP contribution < -0.4 is 15.6 Å². The van der Waals surface area contributed by atoms with Gasteiger partial charge >= 0.3 is 0 Å². The van der Waals surface area contributed by atoms with Gasteiger partial charge in [-0.25, -0.2) is 4.39 Å². The number of rotatable bonds is 7. The van der Waals surface area contributed by atoms with Crippen LogP contribution in [-0.2, 0) is 9.59 Å². The van der Waals surface area contributed by atoms with Gasteiger partial charge < -0.3 is 4.74 Å². The number of amides is 2. The first-order chi connectivity index (χ1) is 12.5. The Labute approximate surface area is 160 Å². The SMILES string of the molecule is C[C@@H](Oc1ccccc1F)C(=O)NNC(=O)CCSc1ccc(Cl)cc1. The summed E-state index contributed by atoms with van der Waals surface area (Å²) in [6.45, 7) is 1.46. The van der Waals surface area contributed by atoms with E-state index in [0.717, 1.165) is 4.90 Å². The zero-order chi connectivity index (χ0) is 18.9. The number of ether oxygens (including phenoxy) is 1. The van der Waals surface area contributed by atoms with Crippen molar-refractivity contribution in [2.45, 2.75) is 24.3 Å². The van der Waals surface area contributed by atoms with Crippen molar-refractivity contribution in [1.82, 2.24) is 10.9 Å². The van der Waals surface area contributed by atoms with Gasteiger partial charge in [0.1, 0.15) is 0 Å². The highest BCUT2D eigenvalue weighted by molar-refractivity contribution is 7.99. The molecule has 5 nitrogen and oxygen atoms in total. The molecule has 0 aliphatic heterocycles. The lowest BCUT2D eigenvalue weighted by Crippen LogP contribution is -2.47. The Hall–Kier alpha value is -2.25. The highest BCUT2D eigenvalue weighted by Crippen LogP contribution is 2.20. The first kappa shape index (κ1) is 20.1. The first-order valence-electron chi connectivity index (χ1n) is 7.84. The zero-order valence-electron chi connectivity index (χ0n) is 14.0. The van der Waals surface area contributed by atoms with Gasteiger partial charge in [-0.3, -0.25) is 20.4 Å². The number of hydrazine groups is 1. The quantitative estimate of drug-likeness (QED) is 0.554. The van der Waals surface area contributed by atoms with E-state index in [2.05, 4.69) is 10.9 Å². The summed E-state index contributed by atoms with van der Waals surface area (Å²) >= 11 is 7.31. The van der Waals surface area contributed by atoms with E-state index < -0.39 is 17.8 Å². The van der Waals surface area contributed by atoms with E-state index in [0.29, 0.717) is 10.8 Å². The summed E-state index contributed by atoms with van der Waals surface area (Å²) in [7, 11) is 0. The van der Waals surface area contributed by atoms with Crippen molar-refractivity contribution in [3.05, 3.63) is 59.4 Å². The van der Waals surface area contributed by atoms with Crippen LogP contribution in [0.15, 0.2) is 53.4 Å². The normalized spacial score (nSPS) is 11.5. The summed E-state index contributed by atoms with van der Waals surface area (Å²) in [5.41, 5.74) is 4.58. The summed E-state index contributed by atoms with van der Waals surface area (Å²) in [6.07, 6.45) is -0.744. The van der Waals surface area contributed by atoms with Gasteiger partial charge in [-0.2, -0.15) is 0 Å². The summed E-state index contributed by atoms with van der Waals surface area (Å²) in [5.74, 6) is -0.953. The number of nitrogens with one attached hydrogen (secondary N) is 2. The Kier molecular flexibility index (Phi) is 7.74. The molecule has 0 saturated carbocycles. The van der Waals surface area contributed by atoms with E-state index in [1.807, 2.05) is 12.1 Å². The van der Waals surface area contributed by atoms with Crippen molar-refractivity contribution in [3.8, 4) is 5.75 Å². The molecule has 2 aromatic carbocycles. The van der Waals surface area contributed by atoms with Crippen LogP contribution in [0.2, 0.25) is 5.02 Å². The predicted molar refractivity (Wildman–Crippen MR) is 99.6 cm³/mol. The van der Waals surface area contributed by atoms with Crippen molar-refractivity contribution in [2.24, 2.45) is 0 Å². The molecule has 0 bridgehead atoms. The lowest BCUT2D eigenvalue weighted by atomic mass is 10.3. The maximum absolute atomic E-state index is 13.5. The van der Waals surface area contributed by atoms with Crippen molar-refractivity contribution in [3.63, 3.8) is 0 Å². The minimum atomic E-state index is -0.962. The largest absolute Gasteiger partial charge is 0.478 e. The van der Waals surface area contributed by atoms with Crippen LogP contribution in [-0.4, -0.2) is 23.7 Å². The predicted octanol–water partition coefficient (Wildman–Crippen LogP) is 3.58. The van der Waals surface area contributed by atoms with E-state index in [9.17, 15) is 14.0 Å². The molecule has 0 heterocycles. The highest BCUT2D eigenvalue weighted by Gasteiger charge is 2.16. The Balaban J connectivity index is 1.68. The van der Waals surface area contributed by atoms with Crippen molar-refractivity contribution >= 4 is 35.2 Å². The van der Waals surface area contributed by atoms with E-state index in [4.69, 9.17) is 16.3 Å². The molecule has 138 valence electrons. The Morgan fingerprint density at radius 3 is 2.54 bits per heavy atom. The van der Waals surface area contributed by atoms with Gasteiger partial charge in [0.2, 0.25) is 5.91 Å². The van der Waals surface area contributed by atoms with Crippen LogP contribution in [0.3, 0.4) is 0 Å². The lowest BCUT2D eigenvalue weighted by molar-refractivity contribution is -0.132. The lowest BCUT2D eigenvalue weighted by Gasteiger charge is -2.15. The average molecular weight is 397 g/mol. The summed E-state index contributed by atoms with van der Waals surface area (Å²) in [6, 6.07) is 13.1. The molecule has 0 saturated heterocycles. The van der Waals surface area contributed by atoms with Gasteiger partial charge in [-0.1, -0.05) is 23.7 Å². The molecule has 0 aromatic heterocycles. The van der Waals surface area contributed by atoms with Gasteiger partial charge in [-0.05, 0) is 43.3 Å². The molecule has 0 fully saturated rings. The number of benzene rings is 2. The first-order valence-corrected chi connectivity index (χ1v) is 9.20. The maximum Gasteiger partial charge on any atom is 0.279 e. The van der Waals surface area contributed by atoms with Gasteiger partial charge in [0.25, 0.3) is 5.91 Å². The number of carbonyl (C=O) groups excluding carboxylic acids is 2. The van der Waals surface area contributed by atoms with Crippen molar-refractivity contribution in [2.75, 3.05) is 5.75 Å². The fourth-order valence-electron chi connectivity index (χ4n) is 1.87. The minimum absolute atomic E-state index is 0.0270. The van der Waals surface area contributed by atoms with Gasteiger partial charge in [0, 0.05) is 22.1 Å². The number of halogens is 2. The van der Waals surface area contributed by atoms with Gasteiger partial charge in [0.15, 0.2) is 17.7 Å². The second-order valence-corrected chi connectivity index (χ2v) is 6.89. The molecule has 0 radical (unpaired) electrons. The molecule has 8 heteroatoms. The van der Waals surface area contributed by atoms with Crippen LogP contribution in [0.25, 0.3) is 0 Å². The van der Waals surface area contributed by atoms with E-state index >= 15 is 0 Å². The van der Waals surface area contributed by atoms with Crippen LogP contribution in [0.5, 0.6) is 5.75 Å². The molecule has 26 heavy (non-hydrogen) atoms. The summed E-state index contributed by atoms with van der Waals surface area (Å²) < 4.78 is 18.7. The second-order valence-electron chi connectivity index (χ2n) is 5.28. The third kappa shape index (κ3) is 6.57. The molecule has 2 N–H and O–H groups in total. The standard InChI is InChI=1S/C18H18ClFN2O3S/c1-12(25-16-5-3-2-4-15(16)20)18(24)22-21-17(23)10-11-26-14-8-6-13(19)7-9-14/h2-9,12H,10-11H2,1H3,(H,21,23)(H,22,24)/t12-/m1/s1. The molecule has 2 aromatic rings. The van der Waals surface area contributed by atoms with Crippen LogP contribution in [0, 0.1) is 5.82 Å². The Bertz CT molecular complexity index is 758. The molecule has 0 aliphatic carbocycles. The topological polar surface area (TPSA) is 67.4 Å². The molecule has 0 aliphatic rings. The van der Waals surface area contributed by atoms with Crippen LogP contribution in [0.1, 0.15) is 13.3 Å². The Morgan fingerprint density at radius 1 is 1.15 bits per heavy atom.